The van der Waals surface area contributed by atoms with Gasteiger partial charge in [0, 0.05) is 23.9 Å². The number of benzene rings is 1. The van der Waals surface area contributed by atoms with Crippen molar-refractivity contribution >= 4 is 11.6 Å². The van der Waals surface area contributed by atoms with Crippen molar-refractivity contribution in [2.45, 2.75) is 72.3 Å². The second-order valence-corrected chi connectivity index (χ2v) is 8.47. The van der Waals surface area contributed by atoms with Crippen molar-refractivity contribution in [3.63, 3.8) is 0 Å². The van der Waals surface area contributed by atoms with Gasteiger partial charge in [-0.15, -0.1) is 0 Å². The third kappa shape index (κ3) is 3.91. The fourth-order valence-corrected chi connectivity index (χ4v) is 4.42. The molecule has 0 aliphatic heterocycles. The van der Waals surface area contributed by atoms with Gasteiger partial charge in [0.2, 0.25) is 0 Å². The second-order valence-electron chi connectivity index (χ2n) is 8.47. The number of hydrogen-bond acceptors (Lipinski definition) is 3. The molecule has 0 unspecified atom stereocenters. The van der Waals surface area contributed by atoms with E-state index in [1.165, 1.54) is 41.5 Å². The summed E-state index contributed by atoms with van der Waals surface area (Å²) < 4.78 is 1.82. The first-order valence-corrected chi connectivity index (χ1v) is 10.6. The van der Waals surface area contributed by atoms with Crippen LogP contribution < -0.4 is 5.32 Å². The molecule has 0 spiro atoms. The number of hydrogen-bond donors (Lipinski definition) is 1. The summed E-state index contributed by atoms with van der Waals surface area (Å²) in [5.74, 6) is -0.0551. The van der Waals surface area contributed by atoms with Gasteiger partial charge in [-0.2, -0.15) is 5.10 Å². The normalized spacial score (nSPS) is 15.0. The Balaban J connectivity index is 1.66. The summed E-state index contributed by atoms with van der Waals surface area (Å²) in [6.07, 6.45) is 8.26. The highest BCUT2D eigenvalue weighted by Gasteiger charge is 2.22. The van der Waals surface area contributed by atoms with Gasteiger partial charge in [0.1, 0.15) is 5.56 Å². The zero-order chi connectivity index (χ0) is 20.5. The summed E-state index contributed by atoms with van der Waals surface area (Å²) in [4.78, 5) is 17.7. The van der Waals surface area contributed by atoms with E-state index in [1.54, 1.807) is 6.20 Å². The maximum atomic E-state index is 12.9. The van der Waals surface area contributed by atoms with Crippen molar-refractivity contribution in [1.29, 1.82) is 0 Å². The number of nitrogens with one attached hydrogen (secondary N) is 1. The Morgan fingerprint density at radius 1 is 1.14 bits per heavy atom. The highest BCUT2D eigenvalue weighted by molar-refractivity contribution is 5.99. The SMILES string of the molecule is Cc1ccc(C)c(Cc2c(C)nc3c(C(=O)NC4CCCCC4)cnn3c2C)c1. The summed E-state index contributed by atoms with van der Waals surface area (Å²) in [6.45, 7) is 8.36. The van der Waals surface area contributed by atoms with E-state index in [1.807, 2.05) is 11.4 Å². The van der Waals surface area contributed by atoms with Crippen LogP contribution in [0.2, 0.25) is 0 Å². The maximum Gasteiger partial charge on any atom is 0.256 e. The zero-order valence-electron chi connectivity index (χ0n) is 17.9. The molecule has 0 bridgehead atoms. The molecule has 5 heteroatoms. The van der Waals surface area contributed by atoms with Gasteiger partial charge in [-0.25, -0.2) is 9.50 Å². The summed E-state index contributed by atoms with van der Waals surface area (Å²) in [7, 11) is 0. The average Bonchev–Trinajstić information content (AvgIpc) is 3.12. The minimum atomic E-state index is -0.0551. The lowest BCUT2D eigenvalue weighted by molar-refractivity contribution is 0.0929. The van der Waals surface area contributed by atoms with Crippen molar-refractivity contribution in [1.82, 2.24) is 19.9 Å². The van der Waals surface area contributed by atoms with Gasteiger partial charge in [-0.05, 0) is 57.2 Å². The van der Waals surface area contributed by atoms with E-state index in [-0.39, 0.29) is 11.9 Å². The highest BCUT2D eigenvalue weighted by Crippen LogP contribution is 2.23. The molecular formula is C24H30N4O. The number of rotatable bonds is 4. The van der Waals surface area contributed by atoms with Crippen LogP contribution in [0.15, 0.2) is 24.4 Å². The van der Waals surface area contributed by atoms with Crippen LogP contribution in [-0.2, 0) is 6.42 Å². The van der Waals surface area contributed by atoms with E-state index >= 15 is 0 Å². The summed E-state index contributed by atoms with van der Waals surface area (Å²) in [5, 5.41) is 7.70. The Kier molecular flexibility index (Phi) is 5.39. The van der Waals surface area contributed by atoms with E-state index < -0.39 is 0 Å². The molecule has 29 heavy (non-hydrogen) atoms. The predicted molar refractivity (Wildman–Crippen MR) is 116 cm³/mol. The molecule has 4 rings (SSSR count). The molecule has 1 saturated carbocycles. The van der Waals surface area contributed by atoms with Crippen LogP contribution in [0.4, 0.5) is 0 Å². The van der Waals surface area contributed by atoms with Crippen LogP contribution in [0.5, 0.6) is 0 Å². The van der Waals surface area contributed by atoms with Gasteiger partial charge >= 0.3 is 0 Å². The molecule has 0 saturated heterocycles. The smallest absolute Gasteiger partial charge is 0.256 e. The largest absolute Gasteiger partial charge is 0.349 e. The number of nitrogens with zero attached hydrogens (tertiary/aromatic N) is 3. The van der Waals surface area contributed by atoms with Crippen LogP contribution in [0, 0.1) is 27.7 Å². The lowest BCUT2D eigenvalue weighted by atomic mass is 9.95. The second kappa shape index (κ2) is 7.97. The molecule has 3 aromatic rings. The molecule has 1 aromatic carbocycles. The Bertz CT molecular complexity index is 1060. The van der Waals surface area contributed by atoms with Gasteiger partial charge in [0.05, 0.1) is 6.20 Å². The molecule has 2 aromatic heterocycles. The quantitative estimate of drug-likeness (QED) is 0.707. The molecule has 1 N–H and O–H groups in total. The van der Waals surface area contributed by atoms with Gasteiger partial charge in [-0.1, -0.05) is 43.0 Å². The molecule has 0 atom stereocenters. The van der Waals surface area contributed by atoms with E-state index in [4.69, 9.17) is 4.98 Å². The van der Waals surface area contributed by atoms with Crippen LogP contribution in [0.25, 0.3) is 5.65 Å². The fraction of sp³-hybridized carbons (Fsp3) is 0.458. The van der Waals surface area contributed by atoms with E-state index in [0.29, 0.717) is 11.2 Å². The highest BCUT2D eigenvalue weighted by atomic mass is 16.1. The molecule has 2 heterocycles. The maximum absolute atomic E-state index is 12.9. The van der Waals surface area contributed by atoms with Crippen molar-refractivity contribution in [2.75, 3.05) is 0 Å². The Labute approximate surface area is 172 Å². The predicted octanol–water partition coefficient (Wildman–Crippen LogP) is 4.62. The minimum Gasteiger partial charge on any atom is -0.349 e. The first-order valence-electron chi connectivity index (χ1n) is 10.6. The zero-order valence-corrected chi connectivity index (χ0v) is 17.9. The number of fused-ring (bicyclic) bond motifs is 1. The van der Waals surface area contributed by atoms with E-state index in [2.05, 4.69) is 49.4 Å². The number of aromatic nitrogens is 3. The van der Waals surface area contributed by atoms with E-state index in [9.17, 15) is 4.79 Å². The van der Waals surface area contributed by atoms with Crippen molar-refractivity contribution < 1.29 is 4.79 Å². The number of carbonyl (C=O) groups excluding carboxylic acids is 1. The van der Waals surface area contributed by atoms with Gasteiger partial charge in [0.15, 0.2) is 5.65 Å². The van der Waals surface area contributed by atoms with Gasteiger partial charge in [0.25, 0.3) is 5.91 Å². The molecule has 152 valence electrons. The van der Waals surface area contributed by atoms with E-state index in [0.717, 1.165) is 30.7 Å². The first kappa shape index (κ1) is 19.6. The number of amides is 1. The fourth-order valence-electron chi connectivity index (χ4n) is 4.42. The summed E-state index contributed by atoms with van der Waals surface area (Å²) in [6, 6.07) is 6.83. The van der Waals surface area contributed by atoms with Gasteiger partial charge in [-0.3, -0.25) is 4.79 Å². The van der Waals surface area contributed by atoms with Crippen LogP contribution >= 0.6 is 0 Å². The Morgan fingerprint density at radius 3 is 2.66 bits per heavy atom. The van der Waals surface area contributed by atoms with Crippen molar-refractivity contribution in [2.24, 2.45) is 0 Å². The summed E-state index contributed by atoms with van der Waals surface area (Å²) >= 11 is 0. The molecule has 1 fully saturated rings. The number of aryl methyl sites for hydroxylation is 4. The average molecular weight is 391 g/mol. The topological polar surface area (TPSA) is 59.3 Å². The Morgan fingerprint density at radius 2 is 1.90 bits per heavy atom. The third-order valence-electron chi connectivity index (χ3n) is 6.27. The molecular weight excluding hydrogens is 360 g/mol. The first-order chi connectivity index (χ1) is 13.9. The van der Waals surface area contributed by atoms with Crippen molar-refractivity contribution in [3.8, 4) is 0 Å². The summed E-state index contributed by atoms with van der Waals surface area (Å²) in [5.41, 5.74) is 8.25. The molecule has 1 aliphatic carbocycles. The van der Waals surface area contributed by atoms with Crippen LogP contribution in [-0.4, -0.2) is 26.5 Å². The van der Waals surface area contributed by atoms with Crippen molar-refractivity contribution in [3.05, 3.63) is 63.6 Å². The molecule has 1 aliphatic rings. The molecule has 5 nitrogen and oxygen atoms in total. The van der Waals surface area contributed by atoms with Crippen LogP contribution in [0.1, 0.15) is 76.1 Å². The standard InChI is InChI=1S/C24H30N4O/c1-15-10-11-16(2)19(12-15)13-21-17(3)26-23-22(14-25-28(23)18(21)4)24(29)27-20-8-6-5-7-9-20/h10-12,14,20H,5-9,13H2,1-4H3,(H,27,29). The monoisotopic (exact) mass is 390 g/mol. The Hall–Kier alpha value is -2.69. The van der Waals surface area contributed by atoms with Crippen LogP contribution in [0.3, 0.4) is 0 Å². The third-order valence-corrected chi connectivity index (χ3v) is 6.27. The lowest BCUT2D eigenvalue weighted by Crippen LogP contribution is -2.36. The number of carbonyl (C=O) groups is 1. The lowest BCUT2D eigenvalue weighted by Gasteiger charge is -2.22. The minimum absolute atomic E-state index is 0.0551. The molecule has 1 amide bonds. The molecule has 0 radical (unpaired) electrons. The van der Waals surface area contributed by atoms with Gasteiger partial charge < -0.3 is 5.32 Å².